The van der Waals surface area contributed by atoms with Crippen molar-refractivity contribution in [2.24, 2.45) is 0 Å². The first kappa shape index (κ1) is 12.6. The highest BCUT2D eigenvalue weighted by Crippen LogP contribution is 2.27. The molecule has 3 rings (SSSR count). The van der Waals surface area contributed by atoms with E-state index in [0.29, 0.717) is 6.10 Å². The van der Waals surface area contributed by atoms with E-state index in [2.05, 4.69) is 6.07 Å². The fourth-order valence-corrected chi connectivity index (χ4v) is 3.54. The van der Waals surface area contributed by atoms with E-state index < -0.39 is 0 Å². The second-order valence-electron chi connectivity index (χ2n) is 4.87. The van der Waals surface area contributed by atoms with Crippen LogP contribution in [-0.2, 0) is 4.74 Å². The summed E-state index contributed by atoms with van der Waals surface area (Å²) in [5.41, 5.74) is 0.844. The van der Waals surface area contributed by atoms with Gasteiger partial charge in [-0.2, -0.15) is 0 Å². The van der Waals surface area contributed by atoms with Gasteiger partial charge in [0.25, 0.3) is 5.91 Å². The Morgan fingerprint density at radius 2 is 2.05 bits per heavy atom. The van der Waals surface area contributed by atoms with E-state index in [4.69, 9.17) is 4.74 Å². The maximum Gasteiger partial charge on any atom is 0.255 e. The molecule has 0 bridgehead atoms. The summed E-state index contributed by atoms with van der Waals surface area (Å²) >= 11 is 1.64. The number of amides is 1. The SMILES string of the molecule is COC1CCN(C(=O)c2csc3ccccc23)CC1. The number of hydrogen-bond acceptors (Lipinski definition) is 3. The summed E-state index contributed by atoms with van der Waals surface area (Å²) in [6.07, 6.45) is 2.18. The van der Waals surface area contributed by atoms with Gasteiger partial charge in [0, 0.05) is 35.7 Å². The first-order valence-electron chi connectivity index (χ1n) is 6.58. The molecule has 1 amide bonds. The molecule has 4 heteroatoms. The highest BCUT2D eigenvalue weighted by atomic mass is 32.1. The van der Waals surface area contributed by atoms with Crippen LogP contribution in [0.3, 0.4) is 0 Å². The Balaban J connectivity index is 1.81. The standard InChI is InChI=1S/C15H17NO2S/c1-18-11-6-8-16(9-7-11)15(17)13-10-19-14-5-3-2-4-12(13)14/h2-5,10-11H,6-9H2,1H3. The second-order valence-corrected chi connectivity index (χ2v) is 5.78. The van der Waals surface area contributed by atoms with Crippen LogP contribution in [0, 0.1) is 0 Å². The van der Waals surface area contributed by atoms with Crippen molar-refractivity contribution in [2.75, 3.05) is 20.2 Å². The first-order chi connectivity index (χ1) is 9.29. The Kier molecular flexibility index (Phi) is 3.53. The van der Waals surface area contributed by atoms with Gasteiger partial charge < -0.3 is 9.64 Å². The predicted molar refractivity (Wildman–Crippen MR) is 77.8 cm³/mol. The molecule has 1 aliphatic heterocycles. The lowest BCUT2D eigenvalue weighted by Gasteiger charge is -2.31. The van der Waals surface area contributed by atoms with Crippen LogP contribution in [0.15, 0.2) is 29.6 Å². The van der Waals surface area contributed by atoms with Crippen molar-refractivity contribution in [3.05, 3.63) is 35.2 Å². The van der Waals surface area contributed by atoms with Gasteiger partial charge in [-0.3, -0.25) is 4.79 Å². The molecule has 1 fully saturated rings. The number of piperidine rings is 1. The number of likely N-dealkylation sites (tertiary alicyclic amines) is 1. The van der Waals surface area contributed by atoms with Gasteiger partial charge in [-0.05, 0) is 18.9 Å². The van der Waals surface area contributed by atoms with Gasteiger partial charge in [0.05, 0.1) is 11.7 Å². The lowest BCUT2D eigenvalue weighted by Crippen LogP contribution is -2.40. The Bertz CT molecular complexity index is 585. The van der Waals surface area contributed by atoms with Crippen LogP contribution in [0.25, 0.3) is 10.1 Å². The number of carbonyl (C=O) groups is 1. The number of benzene rings is 1. The molecule has 2 aromatic rings. The molecule has 0 N–H and O–H groups in total. The van der Waals surface area contributed by atoms with Crippen molar-refractivity contribution >= 4 is 27.3 Å². The Labute approximate surface area is 116 Å². The molecule has 0 unspecified atom stereocenters. The molecule has 1 aromatic carbocycles. The van der Waals surface area contributed by atoms with Crippen LogP contribution in [0.4, 0.5) is 0 Å². The monoisotopic (exact) mass is 275 g/mol. The van der Waals surface area contributed by atoms with Crippen molar-refractivity contribution in [1.29, 1.82) is 0 Å². The number of hydrogen-bond donors (Lipinski definition) is 0. The van der Waals surface area contributed by atoms with Crippen LogP contribution >= 0.6 is 11.3 Å². The number of ether oxygens (including phenoxy) is 1. The number of fused-ring (bicyclic) bond motifs is 1. The third-order valence-corrected chi connectivity index (χ3v) is 4.74. The van der Waals surface area contributed by atoms with Crippen LogP contribution < -0.4 is 0 Å². The number of nitrogens with zero attached hydrogens (tertiary/aromatic N) is 1. The summed E-state index contributed by atoms with van der Waals surface area (Å²) in [6, 6.07) is 8.09. The minimum absolute atomic E-state index is 0.159. The Morgan fingerprint density at radius 1 is 1.32 bits per heavy atom. The zero-order valence-electron chi connectivity index (χ0n) is 11.0. The summed E-state index contributed by atoms with van der Waals surface area (Å²) in [5.74, 6) is 0.159. The molecular weight excluding hydrogens is 258 g/mol. The van der Waals surface area contributed by atoms with Gasteiger partial charge in [0.2, 0.25) is 0 Å². The fraction of sp³-hybridized carbons (Fsp3) is 0.400. The van der Waals surface area contributed by atoms with E-state index in [1.165, 1.54) is 4.70 Å². The molecule has 0 radical (unpaired) electrons. The smallest absolute Gasteiger partial charge is 0.255 e. The molecule has 1 aromatic heterocycles. The zero-order chi connectivity index (χ0) is 13.2. The van der Waals surface area contributed by atoms with Crippen molar-refractivity contribution in [3.63, 3.8) is 0 Å². The summed E-state index contributed by atoms with van der Waals surface area (Å²) in [5, 5.41) is 3.06. The van der Waals surface area contributed by atoms with Crippen LogP contribution in [0.2, 0.25) is 0 Å². The van der Waals surface area contributed by atoms with E-state index in [1.54, 1.807) is 18.4 Å². The second kappa shape index (κ2) is 5.31. The molecular formula is C15H17NO2S. The summed E-state index contributed by atoms with van der Waals surface area (Å²) in [6.45, 7) is 1.59. The van der Waals surface area contributed by atoms with Gasteiger partial charge in [-0.15, -0.1) is 11.3 Å². The van der Waals surface area contributed by atoms with Gasteiger partial charge in [-0.25, -0.2) is 0 Å². The summed E-state index contributed by atoms with van der Waals surface area (Å²) < 4.78 is 6.52. The van der Waals surface area contributed by atoms with E-state index in [9.17, 15) is 4.79 Å². The normalized spacial score (nSPS) is 17.0. The predicted octanol–water partition coefficient (Wildman–Crippen LogP) is 3.15. The lowest BCUT2D eigenvalue weighted by molar-refractivity contribution is 0.0352. The largest absolute Gasteiger partial charge is 0.381 e. The highest BCUT2D eigenvalue weighted by Gasteiger charge is 2.24. The van der Waals surface area contributed by atoms with Gasteiger partial charge >= 0.3 is 0 Å². The molecule has 100 valence electrons. The molecule has 0 spiro atoms. The molecule has 1 aliphatic rings. The van der Waals surface area contributed by atoms with Crippen molar-refractivity contribution in [2.45, 2.75) is 18.9 Å². The maximum atomic E-state index is 12.6. The third kappa shape index (κ3) is 2.38. The number of methoxy groups -OCH3 is 1. The lowest BCUT2D eigenvalue weighted by atomic mass is 10.1. The first-order valence-corrected chi connectivity index (χ1v) is 7.46. The Hall–Kier alpha value is -1.39. The molecule has 1 saturated heterocycles. The Morgan fingerprint density at radius 3 is 2.79 bits per heavy atom. The number of rotatable bonds is 2. The molecule has 0 atom stereocenters. The average molecular weight is 275 g/mol. The zero-order valence-corrected chi connectivity index (χ0v) is 11.8. The fourth-order valence-electron chi connectivity index (χ4n) is 2.61. The average Bonchev–Trinajstić information content (AvgIpc) is 2.90. The van der Waals surface area contributed by atoms with E-state index >= 15 is 0 Å². The van der Waals surface area contributed by atoms with Gasteiger partial charge in [-0.1, -0.05) is 18.2 Å². The van der Waals surface area contributed by atoms with Gasteiger partial charge in [0.1, 0.15) is 0 Å². The number of thiophene rings is 1. The minimum atomic E-state index is 0.159. The molecule has 3 nitrogen and oxygen atoms in total. The van der Waals surface area contributed by atoms with Crippen LogP contribution in [0.5, 0.6) is 0 Å². The van der Waals surface area contributed by atoms with Crippen LogP contribution in [-0.4, -0.2) is 37.1 Å². The van der Waals surface area contributed by atoms with E-state index in [1.807, 2.05) is 28.5 Å². The molecule has 0 aliphatic carbocycles. The van der Waals surface area contributed by atoms with Crippen molar-refractivity contribution < 1.29 is 9.53 Å². The quantitative estimate of drug-likeness (QED) is 0.842. The summed E-state index contributed by atoms with van der Waals surface area (Å²) in [7, 11) is 1.74. The number of carbonyl (C=O) groups excluding carboxylic acids is 1. The van der Waals surface area contributed by atoms with E-state index in [-0.39, 0.29) is 5.91 Å². The summed E-state index contributed by atoms with van der Waals surface area (Å²) in [4.78, 5) is 14.5. The maximum absolute atomic E-state index is 12.6. The van der Waals surface area contributed by atoms with Crippen molar-refractivity contribution in [1.82, 2.24) is 4.90 Å². The molecule has 2 heterocycles. The van der Waals surface area contributed by atoms with Crippen LogP contribution in [0.1, 0.15) is 23.2 Å². The topological polar surface area (TPSA) is 29.5 Å². The molecule has 19 heavy (non-hydrogen) atoms. The van der Waals surface area contributed by atoms with E-state index in [0.717, 1.165) is 36.9 Å². The minimum Gasteiger partial charge on any atom is -0.381 e. The third-order valence-electron chi connectivity index (χ3n) is 3.77. The molecule has 0 saturated carbocycles. The van der Waals surface area contributed by atoms with Crippen molar-refractivity contribution in [3.8, 4) is 0 Å². The highest BCUT2D eigenvalue weighted by molar-refractivity contribution is 7.17. The van der Waals surface area contributed by atoms with Gasteiger partial charge in [0.15, 0.2) is 0 Å².